The molecule has 3 aromatic carbocycles. The first-order chi connectivity index (χ1) is 19.2. The largest absolute Gasteiger partial charge is 0.469 e. The number of aliphatic hydroxyl groups is 1. The van der Waals surface area contributed by atoms with Crippen molar-refractivity contribution < 1.29 is 14.6 Å². The van der Waals surface area contributed by atoms with Gasteiger partial charge in [0.15, 0.2) is 0 Å². The van der Waals surface area contributed by atoms with Crippen molar-refractivity contribution in [2.24, 2.45) is 0 Å². The number of aryl methyl sites for hydroxylation is 3. The van der Waals surface area contributed by atoms with Gasteiger partial charge in [-0.25, -0.2) is 0 Å². The number of carbonyl (C=O) groups is 1. The molecule has 0 spiro atoms. The van der Waals surface area contributed by atoms with Crippen LogP contribution in [0.4, 0.5) is 0 Å². The van der Waals surface area contributed by atoms with E-state index < -0.39 is 5.60 Å². The molecule has 4 rings (SSSR count). The first-order valence-corrected chi connectivity index (χ1v) is 15.3. The van der Waals surface area contributed by atoms with Gasteiger partial charge in [0.05, 0.1) is 19.1 Å². The fraction of sp³-hybridized carbons (Fsp3) is 0.486. The van der Waals surface area contributed by atoms with Crippen LogP contribution in [0.2, 0.25) is 0 Å². The molecular formula is C37H50O3. The molecule has 1 saturated carbocycles. The van der Waals surface area contributed by atoms with Crippen molar-refractivity contribution in [3.05, 3.63) is 94.0 Å². The van der Waals surface area contributed by atoms with Crippen LogP contribution in [0, 0.1) is 13.8 Å². The van der Waals surface area contributed by atoms with Gasteiger partial charge in [0, 0.05) is 5.41 Å². The van der Waals surface area contributed by atoms with Gasteiger partial charge in [0.25, 0.3) is 0 Å². The molecule has 0 heterocycles. The van der Waals surface area contributed by atoms with E-state index in [1.54, 1.807) is 0 Å². The summed E-state index contributed by atoms with van der Waals surface area (Å²) in [4.78, 5) is 11.6. The van der Waals surface area contributed by atoms with Crippen molar-refractivity contribution >= 4 is 5.97 Å². The molecule has 1 aliphatic rings. The Morgan fingerprint density at radius 1 is 0.875 bits per heavy atom. The van der Waals surface area contributed by atoms with Gasteiger partial charge in [0.1, 0.15) is 0 Å². The highest BCUT2D eigenvalue weighted by Crippen LogP contribution is 2.41. The van der Waals surface area contributed by atoms with Gasteiger partial charge in [-0.05, 0) is 96.9 Å². The van der Waals surface area contributed by atoms with Crippen molar-refractivity contribution in [2.45, 2.75) is 110 Å². The number of ether oxygens (including phenoxy) is 1. The predicted octanol–water partition coefficient (Wildman–Crippen LogP) is 9.06. The highest BCUT2D eigenvalue weighted by Gasteiger charge is 2.33. The predicted molar refractivity (Wildman–Crippen MR) is 168 cm³/mol. The number of methoxy groups -OCH3 is 1. The van der Waals surface area contributed by atoms with Gasteiger partial charge >= 0.3 is 5.97 Å². The number of carbonyl (C=O) groups excluding carboxylic acids is 1. The van der Waals surface area contributed by atoms with Crippen molar-refractivity contribution in [1.29, 1.82) is 0 Å². The maximum absolute atomic E-state index is 11.6. The van der Waals surface area contributed by atoms with Crippen LogP contribution in [-0.2, 0) is 27.8 Å². The highest BCUT2D eigenvalue weighted by atomic mass is 16.5. The minimum absolute atomic E-state index is 0.0411. The zero-order chi connectivity index (χ0) is 29.3. The first kappa shape index (κ1) is 31.6. The quantitative estimate of drug-likeness (QED) is 0.260. The maximum atomic E-state index is 11.6. The van der Waals surface area contributed by atoms with E-state index in [0.29, 0.717) is 6.42 Å². The lowest BCUT2D eigenvalue weighted by atomic mass is 9.69. The van der Waals surface area contributed by atoms with E-state index in [9.17, 15) is 9.90 Å². The van der Waals surface area contributed by atoms with E-state index in [1.807, 2.05) is 26.0 Å². The van der Waals surface area contributed by atoms with Crippen molar-refractivity contribution in [2.75, 3.05) is 7.11 Å². The summed E-state index contributed by atoms with van der Waals surface area (Å²) in [5.74, 6) is -0.219. The fourth-order valence-corrected chi connectivity index (χ4v) is 6.48. The van der Waals surface area contributed by atoms with Gasteiger partial charge in [-0.1, -0.05) is 101 Å². The third-order valence-corrected chi connectivity index (χ3v) is 9.12. The summed E-state index contributed by atoms with van der Waals surface area (Å²) in [7, 11) is 1.42. The van der Waals surface area contributed by atoms with Crippen molar-refractivity contribution in [3.8, 4) is 11.1 Å². The Kier molecular flexibility index (Phi) is 11.2. The Balaban J connectivity index is 0.00000216. The van der Waals surface area contributed by atoms with E-state index in [0.717, 1.165) is 62.5 Å². The SMILES string of the molecule is CC.CCC(CC)(c1ccc(CCC2(O)CCCC2)c(C)c1)c1ccc(-c2ccc(CC(=O)OC)cc2)c(C)c1. The summed E-state index contributed by atoms with van der Waals surface area (Å²) in [5, 5.41) is 10.8. The average Bonchev–Trinajstić information content (AvgIpc) is 3.41. The number of hydrogen-bond acceptors (Lipinski definition) is 3. The number of rotatable bonds is 10. The van der Waals surface area contributed by atoms with Crippen LogP contribution in [0.1, 0.15) is 106 Å². The second kappa shape index (κ2) is 14.1. The Labute approximate surface area is 243 Å². The maximum Gasteiger partial charge on any atom is 0.309 e. The number of hydrogen-bond donors (Lipinski definition) is 1. The third kappa shape index (κ3) is 7.04. The number of benzene rings is 3. The Morgan fingerprint density at radius 2 is 1.45 bits per heavy atom. The van der Waals surface area contributed by atoms with E-state index >= 15 is 0 Å². The third-order valence-electron chi connectivity index (χ3n) is 9.12. The fourth-order valence-electron chi connectivity index (χ4n) is 6.48. The molecule has 3 aromatic rings. The minimum Gasteiger partial charge on any atom is -0.469 e. The Bertz CT molecular complexity index is 1240. The molecule has 0 aliphatic heterocycles. The molecule has 0 saturated heterocycles. The molecule has 1 aliphatic carbocycles. The van der Waals surface area contributed by atoms with Crippen LogP contribution in [0.15, 0.2) is 60.7 Å². The number of esters is 1. The normalized spacial score (nSPS) is 14.4. The van der Waals surface area contributed by atoms with Crippen molar-refractivity contribution in [3.63, 3.8) is 0 Å². The summed E-state index contributed by atoms with van der Waals surface area (Å²) in [5.41, 5.74) is 9.52. The van der Waals surface area contributed by atoms with E-state index in [-0.39, 0.29) is 11.4 Å². The van der Waals surface area contributed by atoms with E-state index in [4.69, 9.17) is 4.74 Å². The minimum atomic E-state index is -0.456. The van der Waals surface area contributed by atoms with Crippen LogP contribution in [-0.4, -0.2) is 23.8 Å². The summed E-state index contributed by atoms with van der Waals surface area (Å²) in [6.45, 7) is 13.0. The molecule has 0 bridgehead atoms. The molecule has 0 atom stereocenters. The highest BCUT2D eigenvalue weighted by molar-refractivity contribution is 5.73. The lowest BCUT2D eigenvalue weighted by Crippen LogP contribution is -2.27. The van der Waals surface area contributed by atoms with Crippen molar-refractivity contribution in [1.82, 2.24) is 0 Å². The summed E-state index contributed by atoms with van der Waals surface area (Å²) in [6.07, 6.45) is 8.38. The van der Waals surface area contributed by atoms with Gasteiger partial charge in [-0.3, -0.25) is 4.79 Å². The van der Waals surface area contributed by atoms with Gasteiger partial charge in [-0.2, -0.15) is 0 Å². The van der Waals surface area contributed by atoms with E-state index in [1.165, 1.54) is 40.5 Å². The second-order valence-corrected chi connectivity index (χ2v) is 11.3. The molecule has 1 N–H and O–H groups in total. The average molecular weight is 543 g/mol. The smallest absolute Gasteiger partial charge is 0.309 e. The Morgan fingerprint density at radius 3 is 1.98 bits per heavy atom. The van der Waals surface area contributed by atoms with Crippen LogP contribution < -0.4 is 0 Å². The molecular weight excluding hydrogens is 492 g/mol. The molecule has 0 amide bonds. The molecule has 3 heteroatoms. The summed E-state index contributed by atoms with van der Waals surface area (Å²) >= 11 is 0. The van der Waals surface area contributed by atoms with Crippen LogP contribution >= 0.6 is 0 Å². The lowest BCUT2D eigenvalue weighted by molar-refractivity contribution is -0.139. The molecule has 40 heavy (non-hydrogen) atoms. The van der Waals surface area contributed by atoms with Gasteiger partial charge in [-0.15, -0.1) is 0 Å². The topological polar surface area (TPSA) is 46.5 Å². The summed E-state index contributed by atoms with van der Waals surface area (Å²) in [6, 6.07) is 22.2. The van der Waals surface area contributed by atoms with Crippen LogP contribution in [0.5, 0.6) is 0 Å². The lowest BCUT2D eigenvalue weighted by Gasteiger charge is -2.34. The van der Waals surface area contributed by atoms with Crippen LogP contribution in [0.25, 0.3) is 11.1 Å². The zero-order valence-electron chi connectivity index (χ0n) is 25.9. The molecule has 216 valence electrons. The second-order valence-electron chi connectivity index (χ2n) is 11.3. The molecule has 3 nitrogen and oxygen atoms in total. The van der Waals surface area contributed by atoms with E-state index in [2.05, 4.69) is 76.2 Å². The Hall–Kier alpha value is -2.91. The standard InChI is InChI=1S/C35H44O3.C2H6/c1-6-35(7-2,30-15-14-28(25(3)22-30)18-21-34(37)19-8-9-20-34)31-16-17-32(26(4)23-31)29-12-10-27(11-13-29)24-33(36)38-5;1-2/h10-17,22-23,37H,6-9,18-21,24H2,1-5H3;1-2H3. The van der Waals surface area contributed by atoms with Crippen LogP contribution in [0.3, 0.4) is 0 Å². The molecule has 0 radical (unpaired) electrons. The van der Waals surface area contributed by atoms with Gasteiger partial charge < -0.3 is 9.84 Å². The molecule has 1 fully saturated rings. The molecule has 0 aromatic heterocycles. The monoisotopic (exact) mass is 542 g/mol. The summed E-state index contributed by atoms with van der Waals surface area (Å²) < 4.78 is 4.79. The zero-order valence-corrected chi connectivity index (χ0v) is 25.9. The first-order valence-electron chi connectivity index (χ1n) is 15.3. The van der Waals surface area contributed by atoms with Gasteiger partial charge in [0.2, 0.25) is 0 Å². The molecule has 0 unspecified atom stereocenters.